The molecule has 0 atom stereocenters. The number of thiophene rings is 1. The van der Waals surface area contributed by atoms with E-state index in [2.05, 4.69) is 221 Å². The van der Waals surface area contributed by atoms with Crippen molar-refractivity contribution in [3.63, 3.8) is 0 Å². The largest absolute Gasteiger partial charge is 0.311 e. The highest BCUT2D eigenvalue weighted by molar-refractivity contribution is 7.33. The van der Waals surface area contributed by atoms with Crippen LogP contribution >= 0.6 is 11.3 Å². The van der Waals surface area contributed by atoms with Gasteiger partial charge in [0.2, 0.25) is 0 Å². The van der Waals surface area contributed by atoms with E-state index in [9.17, 15) is 0 Å². The van der Waals surface area contributed by atoms with Gasteiger partial charge in [0.15, 0.2) is 0 Å². The molecule has 8 aromatic carbocycles. The van der Waals surface area contributed by atoms with Gasteiger partial charge in [0.05, 0.1) is 17.1 Å². The molecule has 0 aliphatic carbocycles. The van der Waals surface area contributed by atoms with Gasteiger partial charge in [-0.3, -0.25) is 0 Å². The fourth-order valence-corrected chi connectivity index (χ4v) is 10.0. The first-order valence-electron chi connectivity index (χ1n) is 18.8. The lowest BCUT2D eigenvalue weighted by Crippen LogP contribution is -2.60. The predicted octanol–water partition coefficient (Wildman–Crippen LogP) is 12.1. The summed E-state index contributed by atoms with van der Waals surface area (Å²) in [5.74, 6) is 0. The first kappa shape index (κ1) is 31.7. The summed E-state index contributed by atoms with van der Waals surface area (Å²) in [6.07, 6.45) is 0. The average Bonchev–Trinajstić information content (AvgIpc) is 3.64. The van der Waals surface area contributed by atoms with E-state index in [-0.39, 0.29) is 6.71 Å². The number of benzene rings is 8. The molecule has 0 saturated carbocycles. The molecular formula is C50H34BN3S. The third-order valence-electron chi connectivity index (χ3n) is 11.0. The highest BCUT2D eigenvalue weighted by Gasteiger charge is 2.45. The van der Waals surface area contributed by atoms with Gasteiger partial charge in [-0.1, -0.05) is 140 Å². The Balaban J connectivity index is 1.29. The van der Waals surface area contributed by atoms with Crippen LogP contribution in [-0.2, 0) is 0 Å². The zero-order valence-corrected chi connectivity index (χ0v) is 30.8. The molecule has 0 amide bonds. The number of para-hydroxylation sites is 5. The molecular weight excluding hydrogens is 685 g/mol. The van der Waals surface area contributed by atoms with Crippen LogP contribution in [0.1, 0.15) is 0 Å². The van der Waals surface area contributed by atoms with Gasteiger partial charge in [-0.05, 0) is 83.2 Å². The van der Waals surface area contributed by atoms with E-state index in [0.29, 0.717) is 0 Å². The Morgan fingerprint density at radius 3 is 1.69 bits per heavy atom. The summed E-state index contributed by atoms with van der Waals surface area (Å²) in [5, 5.41) is 1.28. The van der Waals surface area contributed by atoms with Crippen molar-refractivity contribution in [2.75, 3.05) is 14.7 Å². The quantitative estimate of drug-likeness (QED) is 0.158. The minimum absolute atomic E-state index is 0.0460. The van der Waals surface area contributed by atoms with Crippen LogP contribution in [0.3, 0.4) is 0 Å². The van der Waals surface area contributed by atoms with E-state index in [1.807, 2.05) is 11.3 Å². The van der Waals surface area contributed by atoms with Gasteiger partial charge in [-0.2, -0.15) is 0 Å². The minimum atomic E-state index is 0.0460. The number of anilines is 9. The molecule has 1 aromatic heterocycles. The monoisotopic (exact) mass is 719 g/mol. The normalized spacial score (nSPS) is 12.6. The number of rotatable bonds is 6. The van der Waals surface area contributed by atoms with Crippen LogP contribution in [-0.4, -0.2) is 6.71 Å². The molecule has 11 rings (SSSR count). The molecule has 3 nitrogen and oxygen atoms in total. The lowest BCUT2D eigenvalue weighted by Gasteiger charge is -2.44. The molecule has 258 valence electrons. The van der Waals surface area contributed by atoms with Crippen molar-refractivity contribution in [1.82, 2.24) is 0 Å². The molecule has 0 spiro atoms. The molecule has 0 fully saturated rings. The van der Waals surface area contributed by atoms with Gasteiger partial charge in [0, 0.05) is 54.6 Å². The highest BCUT2D eigenvalue weighted by Crippen LogP contribution is 2.51. The van der Waals surface area contributed by atoms with E-state index in [1.165, 1.54) is 59.7 Å². The first-order chi connectivity index (χ1) is 27.3. The van der Waals surface area contributed by atoms with Gasteiger partial charge in [0.25, 0.3) is 6.71 Å². The topological polar surface area (TPSA) is 9.72 Å². The SMILES string of the molecule is c1ccc(-c2ccccc2N2c3ccccc3B3c4sc5ccccc5c4N(c4ccccc4)c4cc(N(c5ccccc5)c5ccccc5)cc2c43)cc1. The highest BCUT2D eigenvalue weighted by atomic mass is 32.1. The summed E-state index contributed by atoms with van der Waals surface area (Å²) < 4.78 is 2.67. The van der Waals surface area contributed by atoms with Crippen LogP contribution in [0.4, 0.5) is 51.2 Å². The lowest BCUT2D eigenvalue weighted by atomic mass is 9.36. The van der Waals surface area contributed by atoms with E-state index >= 15 is 0 Å². The molecule has 0 saturated heterocycles. The number of fused-ring (bicyclic) bond motifs is 6. The molecule has 0 bridgehead atoms. The zero-order valence-electron chi connectivity index (χ0n) is 30.0. The van der Waals surface area contributed by atoms with Gasteiger partial charge in [-0.25, -0.2) is 0 Å². The zero-order chi connectivity index (χ0) is 36.3. The fourth-order valence-electron chi connectivity index (χ4n) is 8.73. The third kappa shape index (κ3) is 5.05. The van der Waals surface area contributed by atoms with Crippen LogP contribution in [0.2, 0.25) is 0 Å². The second-order valence-corrected chi connectivity index (χ2v) is 15.2. The average molecular weight is 720 g/mol. The van der Waals surface area contributed by atoms with Gasteiger partial charge < -0.3 is 14.7 Å². The minimum Gasteiger partial charge on any atom is -0.311 e. The summed E-state index contributed by atoms with van der Waals surface area (Å²) in [7, 11) is 0. The number of nitrogens with zero attached hydrogens (tertiary/aromatic N) is 3. The lowest BCUT2D eigenvalue weighted by molar-refractivity contribution is 1.23. The van der Waals surface area contributed by atoms with Crippen molar-refractivity contribution in [3.05, 3.63) is 206 Å². The molecule has 5 heteroatoms. The second kappa shape index (κ2) is 12.9. The molecule has 0 unspecified atom stereocenters. The predicted molar refractivity (Wildman–Crippen MR) is 236 cm³/mol. The Bertz CT molecular complexity index is 2800. The van der Waals surface area contributed by atoms with Crippen molar-refractivity contribution in [2.45, 2.75) is 0 Å². The standard InChI is InChI=1S/C50H34BN3S/c1-5-19-35(20-6-1)40-27-13-16-30-43(40)54-44-31-17-15-29-42(44)51-48-45(53(38-25-11-4-12-26-38)49-41-28-14-18-32-47(41)55-50(49)51)33-39(34-46(48)54)52(36-21-7-2-8-22-36)37-23-9-3-10-24-37/h1-34H. The van der Waals surface area contributed by atoms with E-state index in [0.717, 1.165) is 28.4 Å². The van der Waals surface area contributed by atoms with Crippen LogP contribution in [0, 0.1) is 0 Å². The number of hydrogen-bond acceptors (Lipinski definition) is 4. The summed E-state index contributed by atoms with van der Waals surface area (Å²) in [6.45, 7) is 0.0460. The third-order valence-corrected chi connectivity index (χ3v) is 12.2. The van der Waals surface area contributed by atoms with Crippen LogP contribution in [0.5, 0.6) is 0 Å². The molecule has 0 radical (unpaired) electrons. The molecule has 2 aliphatic heterocycles. The molecule has 2 aliphatic rings. The Kier molecular flexibility index (Phi) is 7.46. The van der Waals surface area contributed by atoms with Crippen molar-refractivity contribution < 1.29 is 0 Å². The smallest absolute Gasteiger partial charge is 0.264 e. The van der Waals surface area contributed by atoms with Gasteiger partial charge in [-0.15, -0.1) is 11.3 Å². The second-order valence-electron chi connectivity index (χ2n) is 14.1. The van der Waals surface area contributed by atoms with Crippen LogP contribution in [0.25, 0.3) is 21.2 Å². The summed E-state index contributed by atoms with van der Waals surface area (Å²) in [6, 6.07) is 75.0. The molecule has 55 heavy (non-hydrogen) atoms. The Morgan fingerprint density at radius 1 is 0.436 bits per heavy atom. The van der Waals surface area contributed by atoms with E-state index in [4.69, 9.17) is 0 Å². The molecule has 9 aromatic rings. The maximum absolute atomic E-state index is 2.54. The van der Waals surface area contributed by atoms with Crippen molar-refractivity contribution in [3.8, 4) is 11.1 Å². The molecule has 3 heterocycles. The van der Waals surface area contributed by atoms with Gasteiger partial charge >= 0.3 is 0 Å². The van der Waals surface area contributed by atoms with E-state index < -0.39 is 0 Å². The Morgan fingerprint density at radius 2 is 0.982 bits per heavy atom. The van der Waals surface area contributed by atoms with Gasteiger partial charge in [0.1, 0.15) is 0 Å². The van der Waals surface area contributed by atoms with Crippen molar-refractivity contribution >= 4 is 95.0 Å². The fraction of sp³-hybridized carbons (Fsp3) is 0. The Labute approximate surface area is 325 Å². The first-order valence-corrected chi connectivity index (χ1v) is 19.6. The summed E-state index contributed by atoms with van der Waals surface area (Å²) >= 11 is 1.93. The van der Waals surface area contributed by atoms with E-state index in [1.54, 1.807) is 0 Å². The molecule has 0 N–H and O–H groups in total. The Hall–Kier alpha value is -6.82. The number of hydrogen-bond donors (Lipinski definition) is 0. The maximum Gasteiger partial charge on any atom is 0.264 e. The van der Waals surface area contributed by atoms with Crippen molar-refractivity contribution in [1.29, 1.82) is 0 Å². The van der Waals surface area contributed by atoms with Crippen molar-refractivity contribution in [2.24, 2.45) is 0 Å². The summed E-state index contributed by atoms with van der Waals surface area (Å²) in [4.78, 5) is 7.47. The van der Waals surface area contributed by atoms with Crippen LogP contribution in [0.15, 0.2) is 206 Å². The van der Waals surface area contributed by atoms with Crippen LogP contribution < -0.4 is 30.4 Å². The maximum atomic E-state index is 2.54. The summed E-state index contributed by atoms with van der Waals surface area (Å²) in [5.41, 5.74) is 15.5.